The van der Waals surface area contributed by atoms with Crippen LogP contribution in [0, 0.1) is 0 Å². The molecule has 4 rings (SSSR count). The van der Waals surface area contributed by atoms with Gasteiger partial charge in [-0.15, -0.1) is 0 Å². The summed E-state index contributed by atoms with van der Waals surface area (Å²) in [5, 5.41) is 0. The number of para-hydroxylation sites is 2. The zero-order valence-corrected chi connectivity index (χ0v) is 12.9. The van der Waals surface area contributed by atoms with Crippen molar-refractivity contribution in [3.63, 3.8) is 0 Å². The predicted octanol–water partition coefficient (Wildman–Crippen LogP) is 4.67. The van der Waals surface area contributed by atoms with E-state index in [0.717, 1.165) is 22.5 Å². The van der Waals surface area contributed by atoms with E-state index < -0.39 is 5.41 Å². The van der Waals surface area contributed by atoms with E-state index in [1.54, 1.807) is 0 Å². The molecule has 3 aromatic carbocycles. The standard InChI is InChI=1S/C21H17NO/c1-21(16-10-4-2-5-11-16)18-14-8-9-15-19(18)22(20(21)23)17-12-6-3-7-13-17/h2-15H,1H3/t21-/m1/s1. The van der Waals surface area contributed by atoms with E-state index in [1.165, 1.54) is 0 Å². The van der Waals surface area contributed by atoms with Crippen LogP contribution in [0.1, 0.15) is 18.1 Å². The van der Waals surface area contributed by atoms with Crippen molar-refractivity contribution >= 4 is 17.3 Å². The number of hydrogen-bond acceptors (Lipinski definition) is 1. The van der Waals surface area contributed by atoms with Gasteiger partial charge in [0, 0.05) is 5.69 Å². The topological polar surface area (TPSA) is 20.3 Å². The largest absolute Gasteiger partial charge is 0.280 e. The Morgan fingerprint density at radius 1 is 0.739 bits per heavy atom. The molecule has 0 spiro atoms. The van der Waals surface area contributed by atoms with Gasteiger partial charge in [-0.2, -0.15) is 0 Å². The third kappa shape index (κ3) is 1.92. The lowest BCUT2D eigenvalue weighted by molar-refractivity contribution is -0.120. The number of fused-ring (bicyclic) bond motifs is 1. The summed E-state index contributed by atoms with van der Waals surface area (Å²) in [4.78, 5) is 15.2. The summed E-state index contributed by atoms with van der Waals surface area (Å²) >= 11 is 0. The number of hydrogen-bond donors (Lipinski definition) is 0. The van der Waals surface area contributed by atoms with Gasteiger partial charge >= 0.3 is 0 Å². The molecule has 1 amide bonds. The normalized spacial score (nSPS) is 19.7. The van der Waals surface area contributed by atoms with Gasteiger partial charge in [0.25, 0.3) is 0 Å². The lowest BCUT2D eigenvalue weighted by atomic mass is 9.77. The smallest absolute Gasteiger partial charge is 0.246 e. The highest BCUT2D eigenvalue weighted by Crippen LogP contribution is 2.48. The van der Waals surface area contributed by atoms with E-state index in [-0.39, 0.29) is 5.91 Å². The number of carbonyl (C=O) groups is 1. The Balaban J connectivity index is 1.96. The van der Waals surface area contributed by atoms with Gasteiger partial charge in [-0.05, 0) is 36.2 Å². The van der Waals surface area contributed by atoms with Gasteiger partial charge in [0.1, 0.15) is 0 Å². The molecule has 2 nitrogen and oxygen atoms in total. The van der Waals surface area contributed by atoms with Gasteiger partial charge in [0.2, 0.25) is 5.91 Å². The maximum atomic E-state index is 13.4. The van der Waals surface area contributed by atoms with E-state index in [9.17, 15) is 4.79 Å². The SMILES string of the molecule is C[C@]1(c2ccccc2)C(=O)N(c2ccccc2)c2ccccc21. The van der Waals surface area contributed by atoms with Crippen molar-refractivity contribution in [2.24, 2.45) is 0 Å². The number of amides is 1. The van der Waals surface area contributed by atoms with Gasteiger partial charge < -0.3 is 0 Å². The molecular formula is C21H17NO. The molecule has 23 heavy (non-hydrogen) atoms. The number of nitrogens with zero attached hydrogens (tertiary/aromatic N) is 1. The summed E-state index contributed by atoms with van der Waals surface area (Å²) in [6.07, 6.45) is 0. The van der Waals surface area contributed by atoms with Crippen LogP contribution in [0.2, 0.25) is 0 Å². The van der Waals surface area contributed by atoms with E-state index in [0.29, 0.717) is 0 Å². The van der Waals surface area contributed by atoms with Crippen molar-refractivity contribution in [3.8, 4) is 0 Å². The Bertz CT molecular complexity index is 857. The Hall–Kier alpha value is -2.87. The Morgan fingerprint density at radius 3 is 2.00 bits per heavy atom. The molecule has 0 aromatic heterocycles. The molecule has 1 atom stereocenters. The van der Waals surface area contributed by atoms with Crippen LogP contribution in [0.3, 0.4) is 0 Å². The average molecular weight is 299 g/mol. The number of carbonyl (C=O) groups excluding carboxylic acids is 1. The van der Waals surface area contributed by atoms with Crippen LogP contribution in [-0.2, 0) is 10.2 Å². The first-order valence-corrected chi connectivity index (χ1v) is 7.77. The Kier molecular flexibility index (Phi) is 3.05. The Morgan fingerprint density at radius 2 is 1.30 bits per heavy atom. The molecule has 0 fully saturated rings. The quantitative estimate of drug-likeness (QED) is 0.673. The summed E-state index contributed by atoms with van der Waals surface area (Å²) in [7, 11) is 0. The lowest BCUT2D eigenvalue weighted by Crippen LogP contribution is -2.36. The minimum atomic E-state index is -0.659. The average Bonchev–Trinajstić information content (AvgIpc) is 2.86. The first-order chi connectivity index (χ1) is 11.2. The summed E-state index contributed by atoms with van der Waals surface area (Å²) in [5.74, 6) is 0.0936. The molecule has 0 bridgehead atoms. The second kappa shape index (κ2) is 5.10. The first-order valence-electron chi connectivity index (χ1n) is 7.77. The molecule has 0 saturated carbocycles. The van der Waals surface area contributed by atoms with Crippen LogP contribution in [0.5, 0.6) is 0 Å². The molecule has 0 unspecified atom stereocenters. The van der Waals surface area contributed by atoms with Crippen molar-refractivity contribution in [1.82, 2.24) is 0 Å². The van der Waals surface area contributed by atoms with Crippen molar-refractivity contribution < 1.29 is 4.79 Å². The van der Waals surface area contributed by atoms with Crippen molar-refractivity contribution in [2.45, 2.75) is 12.3 Å². The van der Waals surface area contributed by atoms with Crippen LogP contribution >= 0.6 is 0 Å². The lowest BCUT2D eigenvalue weighted by Gasteiger charge is -2.25. The fraction of sp³-hybridized carbons (Fsp3) is 0.0952. The third-order valence-electron chi connectivity index (χ3n) is 4.68. The van der Waals surface area contributed by atoms with Crippen LogP contribution in [-0.4, -0.2) is 5.91 Å². The molecule has 112 valence electrons. The number of benzene rings is 3. The van der Waals surface area contributed by atoms with Gasteiger partial charge in [0.05, 0.1) is 11.1 Å². The Labute approximate surface area is 136 Å². The minimum absolute atomic E-state index is 0.0936. The molecule has 1 aliphatic heterocycles. The monoisotopic (exact) mass is 299 g/mol. The highest BCUT2D eigenvalue weighted by Gasteiger charge is 2.48. The summed E-state index contributed by atoms with van der Waals surface area (Å²) in [6, 6.07) is 27.9. The van der Waals surface area contributed by atoms with Gasteiger partial charge in [-0.25, -0.2) is 0 Å². The molecule has 3 aromatic rings. The van der Waals surface area contributed by atoms with E-state index >= 15 is 0 Å². The fourth-order valence-corrected chi connectivity index (χ4v) is 3.42. The summed E-state index contributed by atoms with van der Waals surface area (Å²) < 4.78 is 0. The second-order valence-electron chi connectivity index (χ2n) is 5.98. The maximum absolute atomic E-state index is 13.4. The third-order valence-corrected chi connectivity index (χ3v) is 4.68. The molecule has 0 aliphatic carbocycles. The van der Waals surface area contributed by atoms with Gasteiger partial charge in [-0.3, -0.25) is 9.69 Å². The molecular weight excluding hydrogens is 282 g/mol. The van der Waals surface area contributed by atoms with Crippen LogP contribution < -0.4 is 4.90 Å². The molecule has 0 saturated heterocycles. The van der Waals surface area contributed by atoms with Crippen molar-refractivity contribution in [2.75, 3.05) is 4.90 Å². The second-order valence-corrected chi connectivity index (χ2v) is 5.98. The molecule has 1 aliphatic rings. The van der Waals surface area contributed by atoms with Gasteiger partial charge in [-0.1, -0.05) is 66.7 Å². The maximum Gasteiger partial charge on any atom is 0.246 e. The van der Waals surface area contributed by atoms with Gasteiger partial charge in [0.15, 0.2) is 0 Å². The fourth-order valence-electron chi connectivity index (χ4n) is 3.42. The molecule has 1 heterocycles. The van der Waals surface area contributed by atoms with Crippen LogP contribution in [0.4, 0.5) is 11.4 Å². The summed E-state index contributed by atoms with van der Waals surface area (Å²) in [6.45, 7) is 2.02. The van der Waals surface area contributed by atoms with Crippen molar-refractivity contribution in [1.29, 1.82) is 0 Å². The number of anilines is 2. The van der Waals surface area contributed by atoms with E-state index in [2.05, 4.69) is 6.07 Å². The first kappa shape index (κ1) is 13.8. The van der Waals surface area contributed by atoms with Crippen molar-refractivity contribution in [3.05, 3.63) is 96.1 Å². The van der Waals surface area contributed by atoms with E-state index in [1.807, 2.05) is 90.7 Å². The summed E-state index contributed by atoms with van der Waals surface area (Å²) in [5.41, 5.74) is 3.30. The van der Waals surface area contributed by atoms with Crippen LogP contribution in [0.25, 0.3) is 0 Å². The molecule has 2 heteroatoms. The minimum Gasteiger partial charge on any atom is -0.280 e. The number of rotatable bonds is 2. The molecule has 0 radical (unpaired) electrons. The zero-order valence-electron chi connectivity index (χ0n) is 12.9. The van der Waals surface area contributed by atoms with Crippen LogP contribution in [0.15, 0.2) is 84.9 Å². The highest BCUT2D eigenvalue weighted by molar-refractivity contribution is 6.14. The predicted molar refractivity (Wildman–Crippen MR) is 92.9 cm³/mol. The van der Waals surface area contributed by atoms with E-state index in [4.69, 9.17) is 0 Å². The molecule has 0 N–H and O–H groups in total. The highest BCUT2D eigenvalue weighted by atomic mass is 16.2. The zero-order chi connectivity index (χ0) is 15.9.